The van der Waals surface area contributed by atoms with Gasteiger partial charge in [0.25, 0.3) is 0 Å². The van der Waals surface area contributed by atoms with Crippen molar-refractivity contribution < 1.29 is 0 Å². The maximum Gasteiger partial charge on any atom is 0.0334 e. The number of hydrogen-bond donors (Lipinski definition) is 0. The average Bonchev–Trinajstić information content (AvgIpc) is 3.09. The molecule has 0 amide bonds. The van der Waals surface area contributed by atoms with E-state index in [0.29, 0.717) is 0 Å². The highest BCUT2D eigenvalue weighted by Gasteiger charge is 2.28. The fraction of sp³-hybridized carbons (Fsp3) is 0.357. The van der Waals surface area contributed by atoms with Gasteiger partial charge >= 0.3 is 0 Å². The van der Waals surface area contributed by atoms with Crippen molar-refractivity contribution in [2.24, 2.45) is 0 Å². The molecule has 1 aliphatic carbocycles. The Balaban J connectivity index is 1.68. The molecule has 0 aliphatic heterocycles. The minimum atomic E-state index is 0.797. The van der Waals surface area contributed by atoms with Gasteiger partial charge in [-0.1, -0.05) is 6.07 Å². The van der Waals surface area contributed by atoms with Crippen LogP contribution in [0.4, 0.5) is 0 Å². The van der Waals surface area contributed by atoms with Crippen molar-refractivity contribution in [2.75, 3.05) is 0 Å². The highest BCUT2D eigenvalue weighted by molar-refractivity contribution is 7.09. The molecule has 2 aromatic rings. The van der Waals surface area contributed by atoms with Gasteiger partial charge in [-0.25, -0.2) is 0 Å². The van der Waals surface area contributed by atoms with E-state index in [2.05, 4.69) is 39.5 Å². The Labute approximate surface area is 106 Å². The first kappa shape index (κ1) is 10.9. The van der Waals surface area contributed by atoms with E-state index >= 15 is 0 Å². The summed E-state index contributed by atoms with van der Waals surface area (Å²) < 4.78 is 0. The molecule has 17 heavy (non-hydrogen) atoms. The summed E-state index contributed by atoms with van der Waals surface area (Å²) in [5.74, 6) is 0. The first-order valence-corrected chi connectivity index (χ1v) is 6.95. The van der Waals surface area contributed by atoms with Crippen LogP contribution in [0, 0.1) is 0 Å². The molecule has 0 radical (unpaired) electrons. The molecule has 2 nitrogen and oxygen atoms in total. The molecule has 1 saturated carbocycles. The second-order valence-corrected chi connectivity index (χ2v) is 5.60. The van der Waals surface area contributed by atoms with Gasteiger partial charge in [0.1, 0.15) is 0 Å². The molecule has 0 atom stereocenters. The molecule has 88 valence electrons. The molecule has 1 fully saturated rings. The van der Waals surface area contributed by atoms with E-state index in [1.807, 2.05) is 23.7 Å². The Kier molecular flexibility index (Phi) is 3.20. The summed E-state index contributed by atoms with van der Waals surface area (Å²) in [6, 6.07) is 9.39. The topological polar surface area (TPSA) is 16.1 Å². The van der Waals surface area contributed by atoms with Crippen LogP contribution in [0.25, 0.3) is 0 Å². The second-order valence-electron chi connectivity index (χ2n) is 4.57. The molecule has 0 saturated heterocycles. The Bertz CT molecular complexity index is 448. The van der Waals surface area contributed by atoms with Gasteiger partial charge in [0, 0.05) is 36.4 Å². The predicted octanol–water partition coefficient (Wildman–Crippen LogP) is 3.31. The molecule has 2 heterocycles. The molecule has 0 bridgehead atoms. The third-order valence-corrected chi connectivity index (χ3v) is 4.00. The lowest BCUT2D eigenvalue weighted by Crippen LogP contribution is -2.24. The SMILES string of the molecule is c1csc(CN(Cc2ccncc2)C2CC2)c1. The maximum atomic E-state index is 4.07. The van der Waals surface area contributed by atoms with Gasteiger partial charge in [0.15, 0.2) is 0 Å². The molecule has 0 N–H and O–H groups in total. The van der Waals surface area contributed by atoms with Gasteiger partial charge in [-0.05, 0) is 42.0 Å². The van der Waals surface area contributed by atoms with Gasteiger partial charge < -0.3 is 0 Å². The third-order valence-electron chi connectivity index (χ3n) is 3.14. The van der Waals surface area contributed by atoms with E-state index in [9.17, 15) is 0 Å². The smallest absolute Gasteiger partial charge is 0.0334 e. The Morgan fingerprint density at radius 1 is 1.18 bits per heavy atom. The van der Waals surface area contributed by atoms with E-state index in [-0.39, 0.29) is 0 Å². The van der Waals surface area contributed by atoms with Crippen molar-refractivity contribution in [2.45, 2.75) is 32.0 Å². The second kappa shape index (κ2) is 4.98. The Hall–Kier alpha value is -1.19. The summed E-state index contributed by atoms with van der Waals surface area (Å²) in [5, 5.41) is 2.16. The minimum absolute atomic E-state index is 0.797. The highest BCUT2D eigenvalue weighted by atomic mass is 32.1. The molecular formula is C14H16N2S. The predicted molar refractivity (Wildman–Crippen MR) is 70.8 cm³/mol. The van der Waals surface area contributed by atoms with E-state index in [0.717, 1.165) is 19.1 Å². The number of pyridine rings is 1. The van der Waals surface area contributed by atoms with Crippen LogP contribution < -0.4 is 0 Å². The molecule has 1 aliphatic rings. The lowest BCUT2D eigenvalue weighted by atomic mass is 10.2. The molecular weight excluding hydrogens is 228 g/mol. The molecule has 0 aromatic carbocycles. The first-order valence-electron chi connectivity index (χ1n) is 6.07. The van der Waals surface area contributed by atoms with E-state index < -0.39 is 0 Å². The van der Waals surface area contributed by atoms with E-state index in [4.69, 9.17) is 0 Å². The van der Waals surface area contributed by atoms with Crippen molar-refractivity contribution in [1.82, 2.24) is 9.88 Å². The maximum absolute atomic E-state index is 4.07. The monoisotopic (exact) mass is 244 g/mol. The summed E-state index contributed by atoms with van der Waals surface area (Å²) in [5.41, 5.74) is 1.36. The summed E-state index contributed by atoms with van der Waals surface area (Å²) in [6.07, 6.45) is 6.48. The van der Waals surface area contributed by atoms with Gasteiger partial charge in [-0.2, -0.15) is 0 Å². The lowest BCUT2D eigenvalue weighted by Gasteiger charge is -2.21. The van der Waals surface area contributed by atoms with Crippen molar-refractivity contribution in [3.05, 3.63) is 52.5 Å². The van der Waals surface area contributed by atoms with Crippen LogP contribution in [0.5, 0.6) is 0 Å². The molecule has 3 heteroatoms. The average molecular weight is 244 g/mol. The van der Waals surface area contributed by atoms with E-state index in [1.54, 1.807) is 0 Å². The molecule has 0 spiro atoms. The highest BCUT2D eigenvalue weighted by Crippen LogP contribution is 2.30. The van der Waals surface area contributed by atoms with Crippen LogP contribution in [0.1, 0.15) is 23.3 Å². The van der Waals surface area contributed by atoms with Crippen LogP contribution >= 0.6 is 11.3 Å². The number of rotatable bonds is 5. The Morgan fingerprint density at radius 2 is 2.00 bits per heavy atom. The number of thiophene rings is 1. The standard InChI is InChI=1S/C14H16N2S/c1-2-14(17-9-1)11-16(13-3-4-13)10-12-5-7-15-8-6-12/h1-2,5-9,13H,3-4,10-11H2. The molecule has 0 unspecified atom stereocenters. The summed E-state index contributed by atoms with van der Waals surface area (Å²) >= 11 is 1.85. The van der Waals surface area contributed by atoms with Gasteiger partial charge in [-0.15, -0.1) is 11.3 Å². The number of aromatic nitrogens is 1. The summed E-state index contributed by atoms with van der Waals surface area (Å²) in [7, 11) is 0. The zero-order valence-corrected chi connectivity index (χ0v) is 10.6. The Morgan fingerprint density at radius 3 is 2.65 bits per heavy atom. The van der Waals surface area contributed by atoms with Crippen LogP contribution in [0.15, 0.2) is 42.0 Å². The van der Waals surface area contributed by atoms with Crippen molar-refractivity contribution >= 4 is 11.3 Å². The van der Waals surface area contributed by atoms with E-state index in [1.165, 1.54) is 23.3 Å². The van der Waals surface area contributed by atoms with Crippen LogP contribution in [-0.2, 0) is 13.1 Å². The normalized spacial score (nSPS) is 15.4. The summed E-state index contributed by atoms with van der Waals surface area (Å²) in [6.45, 7) is 2.13. The number of nitrogens with zero attached hydrogens (tertiary/aromatic N) is 2. The van der Waals surface area contributed by atoms with Gasteiger partial charge in [-0.3, -0.25) is 9.88 Å². The zero-order chi connectivity index (χ0) is 11.5. The van der Waals surface area contributed by atoms with Crippen LogP contribution in [0.3, 0.4) is 0 Å². The van der Waals surface area contributed by atoms with Gasteiger partial charge in [0.2, 0.25) is 0 Å². The van der Waals surface area contributed by atoms with Crippen molar-refractivity contribution in [3.8, 4) is 0 Å². The molecule has 3 rings (SSSR count). The van der Waals surface area contributed by atoms with Crippen molar-refractivity contribution in [3.63, 3.8) is 0 Å². The van der Waals surface area contributed by atoms with Crippen molar-refractivity contribution in [1.29, 1.82) is 0 Å². The number of hydrogen-bond acceptors (Lipinski definition) is 3. The molecule has 2 aromatic heterocycles. The summed E-state index contributed by atoms with van der Waals surface area (Å²) in [4.78, 5) is 8.12. The fourth-order valence-electron chi connectivity index (χ4n) is 2.08. The first-order chi connectivity index (χ1) is 8.42. The third kappa shape index (κ3) is 2.93. The van der Waals surface area contributed by atoms with Crippen LogP contribution in [0.2, 0.25) is 0 Å². The fourth-order valence-corrected chi connectivity index (χ4v) is 2.81. The zero-order valence-electron chi connectivity index (χ0n) is 9.75. The quantitative estimate of drug-likeness (QED) is 0.802. The lowest BCUT2D eigenvalue weighted by molar-refractivity contribution is 0.248. The minimum Gasteiger partial charge on any atom is -0.291 e. The van der Waals surface area contributed by atoms with Gasteiger partial charge in [0.05, 0.1) is 0 Å². The van der Waals surface area contributed by atoms with Crippen LogP contribution in [-0.4, -0.2) is 15.9 Å². The largest absolute Gasteiger partial charge is 0.291 e.